The molecule has 0 aromatic heterocycles. The second-order valence-corrected chi connectivity index (χ2v) is 7.69. The van der Waals surface area contributed by atoms with Crippen molar-refractivity contribution in [2.45, 2.75) is 45.7 Å². The summed E-state index contributed by atoms with van der Waals surface area (Å²) in [6.07, 6.45) is 1.59. The lowest BCUT2D eigenvalue weighted by Gasteiger charge is -2.30. The first-order valence-electron chi connectivity index (χ1n) is 10.6. The number of nitrogens with zero attached hydrogens (tertiary/aromatic N) is 1. The van der Waals surface area contributed by atoms with E-state index < -0.39 is 6.04 Å². The van der Waals surface area contributed by atoms with Gasteiger partial charge in [-0.25, -0.2) is 0 Å². The molecule has 3 rings (SSSR count). The second-order valence-electron chi connectivity index (χ2n) is 7.69. The average molecular weight is 403 g/mol. The molecule has 30 heavy (non-hydrogen) atoms. The average Bonchev–Trinajstić information content (AvgIpc) is 2.77. The van der Waals surface area contributed by atoms with Crippen LogP contribution in [0, 0.1) is 6.92 Å². The maximum atomic E-state index is 13.3. The Morgan fingerprint density at radius 2 is 1.73 bits per heavy atom. The molecule has 4 nitrogen and oxygen atoms in total. The van der Waals surface area contributed by atoms with Gasteiger partial charge in [0.05, 0.1) is 0 Å². The fraction of sp³-hybridized carbons (Fsp3) is 0.308. The van der Waals surface area contributed by atoms with Gasteiger partial charge < -0.3 is 10.2 Å². The molecular formula is C26H30N2O2. The molecule has 2 amide bonds. The lowest BCUT2D eigenvalue weighted by Crippen LogP contribution is -2.48. The fourth-order valence-electron chi connectivity index (χ4n) is 3.99. The molecule has 0 bridgehead atoms. The van der Waals surface area contributed by atoms with Gasteiger partial charge in [-0.15, -0.1) is 0 Å². The van der Waals surface area contributed by atoms with Crippen LogP contribution in [0.15, 0.2) is 66.7 Å². The van der Waals surface area contributed by atoms with E-state index in [1.54, 1.807) is 11.9 Å². The summed E-state index contributed by atoms with van der Waals surface area (Å²) in [6.45, 7) is 4.41. The van der Waals surface area contributed by atoms with Crippen molar-refractivity contribution in [1.29, 1.82) is 0 Å². The highest BCUT2D eigenvalue weighted by Gasteiger charge is 2.27. The first-order chi connectivity index (χ1) is 14.5. The van der Waals surface area contributed by atoms with Gasteiger partial charge in [0.15, 0.2) is 0 Å². The lowest BCUT2D eigenvalue weighted by molar-refractivity contribution is -0.141. The van der Waals surface area contributed by atoms with Crippen LogP contribution in [0.4, 0.5) is 0 Å². The maximum Gasteiger partial charge on any atom is 0.242 e. The number of likely N-dealkylation sites (N-methyl/N-ethyl adjacent to an activating group) is 1. The molecule has 0 aliphatic carbocycles. The third-order valence-corrected chi connectivity index (χ3v) is 5.56. The van der Waals surface area contributed by atoms with Crippen molar-refractivity contribution in [3.05, 3.63) is 83.4 Å². The van der Waals surface area contributed by atoms with Gasteiger partial charge in [0.25, 0.3) is 0 Å². The minimum atomic E-state index is -0.476. The summed E-state index contributed by atoms with van der Waals surface area (Å²) in [5.74, 6) is -0.122. The molecule has 0 spiro atoms. The van der Waals surface area contributed by atoms with Gasteiger partial charge in [0.1, 0.15) is 6.04 Å². The van der Waals surface area contributed by atoms with Crippen LogP contribution in [0.25, 0.3) is 10.8 Å². The van der Waals surface area contributed by atoms with Gasteiger partial charge in [-0.3, -0.25) is 9.59 Å². The molecule has 4 heteroatoms. The van der Waals surface area contributed by atoms with Crippen molar-refractivity contribution >= 4 is 22.6 Å². The zero-order valence-electron chi connectivity index (χ0n) is 18.0. The van der Waals surface area contributed by atoms with Crippen LogP contribution in [-0.4, -0.2) is 29.8 Å². The highest BCUT2D eigenvalue weighted by molar-refractivity contribution is 5.89. The summed E-state index contributed by atoms with van der Waals surface area (Å²) >= 11 is 0. The Labute approximate surface area is 178 Å². The van der Waals surface area contributed by atoms with E-state index in [-0.39, 0.29) is 11.8 Å². The quantitative estimate of drug-likeness (QED) is 0.597. The van der Waals surface area contributed by atoms with Crippen LogP contribution >= 0.6 is 0 Å². The number of rotatable bonds is 8. The molecule has 1 atom stereocenters. The summed E-state index contributed by atoms with van der Waals surface area (Å²) in [5.41, 5.74) is 3.34. The second kappa shape index (κ2) is 10.1. The third-order valence-electron chi connectivity index (χ3n) is 5.56. The molecule has 3 aromatic carbocycles. The summed E-state index contributed by atoms with van der Waals surface area (Å²) in [4.78, 5) is 27.5. The van der Waals surface area contributed by atoms with E-state index in [4.69, 9.17) is 0 Å². The molecular weight excluding hydrogens is 372 g/mol. The molecule has 0 heterocycles. The normalized spacial score (nSPS) is 11.8. The number of carbonyl (C=O) groups excluding carboxylic acids is 2. The third kappa shape index (κ3) is 5.07. The van der Waals surface area contributed by atoms with Gasteiger partial charge in [0.2, 0.25) is 11.8 Å². The Morgan fingerprint density at radius 1 is 1.00 bits per heavy atom. The summed E-state index contributed by atoms with van der Waals surface area (Å²) in [7, 11) is 1.62. The van der Waals surface area contributed by atoms with Crippen molar-refractivity contribution in [3.63, 3.8) is 0 Å². The summed E-state index contributed by atoms with van der Waals surface area (Å²) in [6, 6.07) is 22.1. The zero-order valence-corrected chi connectivity index (χ0v) is 18.0. The topological polar surface area (TPSA) is 49.4 Å². The number of hydrogen-bond donors (Lipinski definition) is 1. The van der Waals surface area contributed by atoms with Gasteiger partial charge in [-0.05, 0) is 41.7 Å². The molecule has 0 fully saturated rings. The SMILES string of the molecule is CC[C@H](C(=O)NC)N(Cc1cccc(C)c1)C(=O)CCc1cccc2ccccc12. The molecule has 0 radical (unpaired) electrons. The monoisotopic (exact) mass is 402 g/mol. The fourth-order valence-corrected chi connectivity index (χ4v) is 3.99. The highest BCUT2D eigenvalue weighted by Crippen LogP contribution is 2.21. The highest BCUT2D eigenvalue weighted by atomic mass is 16.2. The minimum Gasteiger partial charge on any atom is -0.357 e. The van der Waals surface area contributed by atoms with Crippen molar-refractivity contribution < 1.29 is 9.59 Å². The number of carbonyl (C=O) groups is 2. The van der Waals surface area contributed by atoms with Crippen LogP contribution < -0.4 is 5.32 Å². The standard InChI is InChI=1S/C26H30N2O2/c1-4-24(26(30)27-3)28(18-20-10-7-9-19(2)17-20)25(29)16-15-22-13-8-12-21-11-5-6-14-23(21)22/h5-14,17,24H,4,15-16,18H2,1-3H3,(H,27,30)/t24-/m1/s1. The predicted octanol–water partition coefficient (Wildman–Crippen LogP) is 4.63. The number of aryl methyl sites for hydroxylation is 2. The van der Waals surface area contributed by atoms with Crippen molar-refractivity contribution in [3.8, 4) is 0 Å². The molecule has 1 N–H and O–H groups in total. The van der Waals surface area contributed by atoms with E-state index >= 15 is 0 Å². The number of hydrogen-bond acceptors (Lipinski definition) is 2. The summed E-state index contributed by atoms with van der Waals surface area (Å²) in [5, 5.41) is 5.07. The Morgan fingerprint density at radius 3 is 2.47 bits per heavy atom. The molecule has 0 saturated heterocycles. The van der Waals surface area contributed by atoms with Crippen molar-refractivity contribution in [2.75, 3.05) is 7.05 Å². The molecule has 156 valence electrons. The Kier molecular flexibility index (Phi) is 7.23. The van der Waals surface area contributed by atoms with Crippen molar-refractivity contribution in [2.24, 2.45) is 0 Å². The number of benzene rings is 3. The van der Waals surface area contributed by atoms with Crippen molar-refractivity contribution in [1.82, 2.24) is 10.2 Å². The number of amides is 2. The van der Waals surface area contributed by atoms with Gasteiger partial charge in [-0.1, -0.05) is 79.2 Å². The Balaban J connectivity index is 1.82. The van der Waals surface area contributed by atoms with Crippen LogP contribution in [0.2, 0.25) is 0 Å². The number of nitrogens with one attached hydrogen (secondary N) is 1. The van der Waals surface area contributed by atoms with E-state index in [9.17, 15) is 9.59 Å². The largest absolute Gasteiger partial charge is 0.357 e. The number of fused-ring (bicyclic) bond motifs is 1. The van der Waals surface area contributed by atoms with E-state index in [2.05, 4.69) is 35.6 Å². The van der Waals surface area contributed by atoms with Gasteiger partial charge in [-0.2, -0.15) is 0 Å². The van der Waals surface area contributed by atoms with E-state index in [1.807, 2.05) is 50.2 Å². The molecule has 0 aliphatic rings. The first-order valence-corrected chi connectivity index (χ1v) is 10.6. The van der Waals surface area contributed by atoms with E-state index in [0.717, 1.165) is 16.7 Å². The maximum absolute atomic E-state index is 13.3. The lowest BCUT2D eigenvalue weighted by atomic mass is 10.00. The first kappa shape index (κ1) is 21.6. The molecule has 0 aliphatic heterocycles. The molecule has 3 aromatic rings. The summed E-state index contributed by atoms with van der Waals surface area (Å²) < 4.78 is 0. The van der Waals surface area contributed by atoms with E-state index in [0.29, 0.717) is 25.8 Å². The zero-order chi connectivity index (χ0) is 21.5. The Hall–Kier alpha value is -3.14. The van der Waals surface area contributed by atoms with Crippen LogP contribution in [0.5, 0.6) is 0 Å². The predicted molar refractivity (Wildman–Crippen MR) is 122 cm³/mol. The van der Waals surface area contributed by atoms with Crippen LogP contribution in [0.1, 0.15) is 36.5 Å². The van der Waals surface area contributed by atoms with E-state index in [1.165, 1.54) is 10.8 Å². The van der Waals surface area contributed by atoms with Crippen LogP contribution in [0.3, 0.4) is 0 Å². The molecule has 0 unspecified atom stereocenters. The van der Waals surface area contributed by atoms with Crippen LogP contribution in [-0.2, 0) is 22.6 Å². The van der Waals surface area contributed by atoms with Gasteiger partial charge >= 0.3 is 0 Å². The minimum absolute atomic E-state index is 0.000102. The molecule has 0 saturated carbocycles. The Bertz CT molecular complexity index is 1020. The van der Waals surface area contributed by atoms with Gasteiger partial charge in [0, 0.05) is 20.0 Å². The smallest absolute Gasteiger partial charge is 0.242 e.